The number of carbonyl (C=O) groups is 1. The normalized spacial score (nSPS) is 10.1. The maximum absolute atomic E-state index is 10.2. The highest BCUT2D eigenvalue weighted by Gasteiger charge is 2.01. The molecule has 0 aliphatic heterocycles. The molecule has 1 rings (SSSR count). The number of ether oxygens (including phenoxy) is 2. The Labute approximate surface area is 94.8 Å². The Morgan fingerprint density at radius 2 is 2.06 bits per heavy atom. The number of benzene rings is 1. The van der Waals surface area contributed by atoms with Gasteiger partial charge in [0.1, 0.15) is 19.0 Å². The lowest BCUT2D eigenvalue weighted by molar-refractivity contribution is -0.142. The van der Waals surface area contributed by atoms with Crippen LogP contribution in [-0.4, -0.2) is 30.9 Å². The van der Waals surface area contributed by atoms with Crippen LogP contribution in [0.25, 0.3) is 0 Å². The van der Waals surface area contributed by atoms with Gasteiger partial charge in [-0.1, -0.05) is 12.1 Å². The average Bonchev–Trinajstić information content (AvgIpc) is 2.23. The van der Waals surface area contributed by atoms with Crippen LogP contribution in [0.4, 0.5) is 0 Å². The molecule has 4 heteroatoms. The Morgan fingerprint density at radius 3 is 2.75 bits per heavy atom. The van der Waals surface area contributed by atoms with Crippen LogP contribution >= 0.6 is 0 Å². The van der Waals surface area contributed by atoms with E-state index in [1.807, 2.05) is 32.0 Å². The number of aryl methyl sites for hydroxylation is 1. The smallest absolute Gasteiger partial charge is 0.329 e. The molecule has 16 heavy (non-hydrogen) atoms. The van der Waals surface area contributed by atoms with Crippen LogP contribution in [-0.2, 0) is 9.53 Å². The van der Waals surface area contributed by atoms with Gasteiger partial charge in [0, 0.05) is 0 Å². The molecule has 1 aromatic carbocycles. The van der Waals surface area contributed by atoms with Gasteiger partial charge in [-0.25, -0.2) is 4.79 Å². The molecule has 1 aromatic rings. The van der Waals surface area contributed by atoms with Crippen LogP contribution in [0, 0.1) is 13.8 Å². The van der Waals surface area contributed by atoms with Gasteiger partial charge in [0.25, 0.3) is 0 Å². The topological polar surface area (TPSA) is 55.8 Å². The summed E-state index contributed by atoms with van der Waals surface area (Å²) in [5.74, 6) is -0.148. The maximum atomic E-state index is 10.2. The van der Waals surface area contributed by atoms with Gasteiger partial charge >= 0.3 is 5.97 Å². The van der Waals surface area contributed by atoms with E-state index < -0.39 is 5.97 Å². The van der Waals surface area contributed by atoms with Gasteiger partial charge in [0.2, 0.25) is 0 Å². The number of aliphatic carboxylic acids is 1. The molecule has 0 radical (unpaired) electrons. The third kappa shape index (κ3) is 3.90. The quantitative estimate of drug-likeness (QED) is 0.748. The first-order chi connectivity index (χ1) is 7.61. The van der Waals surface area contributed by atoms with E-state index in [-0.39, 0.29) is 13.2 Å². The second-order valence-electron chi connectivity index (χ2n) is 3.49. The molecular formula is C12H16O4. The fraction of sp³-hybridized carbons (Fsp3) is 0.417. The zero-order valence-electron chi connectivity index (χ0n) is 9.53. The minimum Gasteiger partial charge on any atom is -0.491 e. The lowest BCUT2D eigenvalue weighted by Gasteiger charge is -2.10. The highest BCUT2D eigenvalue weighted by Crippen LogP contribution is 2.20. The van der Waals surface area contributed by atoms with Crippen LogP contribution in [0.15, 0.2) is 18.2 Å². The molecule has 0 fully saturated rings. The number of hydrogen-bond acceptors (Lipinski definition) is 3. The van der Waals surface area contributed by atoms with Crippen molar-refractivity contribution in [2.45, 2.75) is 13.8 Å². The van der Waals surface area contributed by atoms with Gasteiger partial charge in [-0.2, -0.15) is 0 Å². The molecule has 0 aliphatic carbocycles. The van der Waals surface area contributed by atoms with Crippen molar-refractivity contribution < 1.29 is 19.4 Å². The van der Waals surface area contributed by atoms with Crippen LogP contribution < -0.4 is 4.74 Å². The molecule has 0 atom stereocenters. The summed E-state index contributed by atoms with van der Waals surface area (Å²) < 4.78 is 10.3. The molecule has 88 valence electrons. The molecule has 0 aliphatic rings. The molecule has 1 N–H and O–H groups in total. The largest absolute Gasteiger partial charge is 0.491 e. The van der Waals surface area contributed by atoms with Crippen molar-refractivity contribution in [1.82, 2.24) is 0 Å². The van der Waals surface area contributed by atoms with E-state index in [2.05, 4.69) is 0 Å². The molecule has 4 nitrogen and oxygen atoms in total. The average molecular weight is 224 g/mol. The minimum absolute atomic E-state index is 0.277. The van der Waals surface area contributed by atoms with Gasteiger partial charge in [-0.3, -0.25) is 0 Å². The van der Waals surface area contributed by atoms with Gasteiger partial charge in [0.05, 0.1) is 6.61 Å². The van der Waals surface area contributed by atoms with Crippen molar-refractivity contribution in [1.29, 1.82) is 0 Å². The van der Waals surface area contributed by atoms with Crippen LogP contribution in [0.2, 0.25) is 0 Å². The Morgan fingerprint density at radius 1 is 1.31 bits per heavy atom. The molecule has 0 saturated carbocycles. The summed E-state index contributed by atoms with van der Waals surface area (Å²) in [5.41, 5.74) is 2.27. The van der Waals surface area contributed by atoms with Crippen molar-refractivity contribution in [3.05, 3.63) is 29.3 Å². The van der Waals surface area contributed by atoms with E-state index in [1.54, 1.807) is 0 Å². The number of carboxylic acids is 1. The number of hydrogen-bond donors (Lipinski definition) is 1. The Balaban J connectivity index is 2.32. The summed E-state index contributed by atoms with van der Waals surface area (Å²) in [6, 6.07) is 5.83. The molecule has 0 spiro atoms. The predicted octanol–water partition coefficient (Wildman–Crippen LogP) is 1.78. The van der Waals surface area contributed by atoms with Crippen molar-refractivity contribution in [3.63, 3.8) is 0 Å². The molecule has 0 saturated heterocycles. The highest BCUT2D eigenvalue weighted by atomic mass is 16.5. The van der Waals surface area contributed by atoms with Crippen molar-refractivity contribution >= 4 is 5.97 Å². The molecule has 0 unspecified atom stereocenters. The van der Waals surface area contributed by atoms with Crippen molar-refractivity contribution in [2.75, 3.05) is 19.8 Å². The highest BCUT2D eigenvalue weighted by molar-refractivity contribution is 5.67. The lowest BCUT2D eigenvalue weighted by atomic mass is 10.1. The van der Waals surface area contributed by atoms with Gasteiger partial charge in [-0.05, 0) is 31.0 Å². The van der Waals surface area contributed by atoms with Gasteiger partial charge < -0.3 is 14.6 Å². The summed E-state index contributed by atoms with van der Waals surface area (Å²) in [7, 11) is 0. The Kier molecular flexibility index (Phi) is 4.79. The molecule has 0 heterocycles. The summed E-state index contributed by atoms with van der Waals surface area (Å²) in [6.45, 7) is 4.36. The molecule has 0 bridgehead atoms. The van der Waals surface area contributed by atoms with Crippen LogP contribution in [0.3, 0.4) is 0 Å². The van der Waals surface area contributed by atoms with E-state index in [0.29, 0.717) is 6.61 Å². The monoisotopic (exact) mass is 224 g/mol. The third-order valence-electron chi connectivity index (χ3n) is 2.27. The fourth-order valence-corrected chi connectivity index (χ4v) is 1.25. The van der Waals surface area contributed by atoms with E-state index in [4.69, 9.17) is 14.6 Å². The SMILES string of the molecule is Cc1cccc(OCCOCC(=O)O)c1C. The molecular weight excluding hydrogens is 208 g/mol. The summed E-state index contributed by atoms with van der Waals surface area (Å²) >= 11 is 0. The Bertz CT molecular complexity index is 360. The lowest BCUT2D eigenvalue weighted by Crippen LogP contribution is -2.13. The molecule has 0 aromatic heterocycles. The first-order valence-electron chi connectivity index (χ1n) is 5.10. The van der Waals surface area contributed by atoms with E-state index >= 15 is 0 Å². The Hall–Kier alpha value is -1.55. The first kappa shape index (κ1) is 12.5. The van der Waals surface area contributed by atoms with Crippen molar-refractivity contribution in [3.8, 4) is 5.75 Å². The van der Waals surface area contributed by atoms with Gasteiger partial charge in [0.15, 0.2) is 0 Å². The summed E-state index contributed by atoms with van der Waals surface area (Å²) in [6.07, 6.45) is 0. The molecule has 0 amide bonds. The second kappa shape index (κ2) is 6.12. The predicted molar refractivity (Wildman–Crippen MR) is 59.9 cm³/mol. The van der Waals surface area contributed by atoms with E-state index in [0.717, 1.165) is 11.3 Å². The zero-order valence-corrected chi connectivity index (χ0v) is 9.53. The standard InChI is InChI=1S/C12H16O4/c1-9-4-3-5-11(10(9)2)16-7-6-15-8-12(13)14/h3-5H,6-8H2,1-2H3,(H,13,14). The zero-order chi connectivity index (χ0) is 12.0. The van der Waals surface area contributed by atoms with Crippen LogP contribution in [0.5, 0.6) is 5.75 Å². The third-order valence-corrected chi connectivity index (χ3v) is 2.27. The van der Waals surface area contributed by atoms with Gasteiger partial charge in [-0.15, -0.1) is 0 Å². The minimum atomic E-state index is -0.966. The first-order valence-corrected chi connectivity index (χ1v) is 5.10. The van der Waals surface area contributed by atoms with Crippen LogP contribution in [0.1, 0.15) is 11.1 Å². The van der Waals surface area contributed by atoms with Crippen molar-refractivity contribution in [2.24, 2.45) is 0 Å². The van der Waals surface area contributed by atoms with E-state index in [1.165, 1.54) is 5.56 Å². The number of rotatable bonds is 6. The fourth-order valence-electron chi connectivity index (χ4n) is 1.25. The second-order valence-corrected chi connectivity index (χ2v) is 3.49. The number of carboxylic acid groups (broad SMARTS) is 1. The summed E-state index contributed by atoms with van der Waals surface area (Å²) in [5, 5.41) is 8.34. The van der Waals surface area contributed by atoms with E-state index in [9.17, 15) is 4.79 Å². The maximum Gasteiger partial charge on any atom is 0.329 e. The summed E-state index contributed by atoms with van der Waals surface area (Å²) in [4.78, 5) is 10.2.